The van der Waals surface area contributed by atoms with Gasteiger partial charge in [-0.25, -0.2) is 4.39 Å². The lowest BCUT2D eigenvalue weighted by Crippen LogP contribution is -2.51. The number of carbonyl (C=O) groups excluding carboxylic acids is 1. The first-order valence-corrected chi connectivity index (χ1v) is 7.51. The molecule has 2 N–H and O–H groups in total. The maximum Gasteiger partial charge on any atom is 0.237 e. The molecule has 4 heteroatoms. The molecule has 2 fully saturated rings. The Morgan fingerprint density at radius 1 is 1.25 bits per heavy atom. The summed E-state index contributed by atoms with van der Waals surface area (Å²) < 4.78 is 13.2. The minimum Gasteiger partial charge on any atom is -0.355 e. The maximum absolute atomic E-state index is 13.2. The van der Waals surface area contributed by atoms with Crippen molar-refractivity contribution in [2.45, 2.75) is 50.1 Å². The number of carbonyl (C=O) groups is 1. The van der Waals surface area contributed by atoms with Crippen molar-refractivity contribution >= 4 is 5.91 Å². The van der Waals surface area contributed by atoms with E-state index in [2.05, 4.69) is 10.6 Å². The van der Waals surface area contributed by atoms with Gasteiger partial charge in [0.1, 0.15) is 5.82 Å². The van der Waals surface area contributed by atoms with E-state index in [9.17, 15) is 9.18 Å². The third-order valence-electron chi connectivity index (χ3n) is 4.43. The highest BCUT2D eigenvalue weighted by molar-refractivity contribution is 5.81. The molecule has 1 aromatic rings. The van der Waals surface area contributed by atoms with Gasteiger partial charge in [0, 0.05) is 12.6 Å². The highest BCUT2D eigenvalue weighted by Crippen LogP contribution is 2.37. The molecule has 0 aromatic heterocycles. The molecule has 0 spiro atoms. The SMILES string of the molecule is O=C1NCCCCC1NC1CC(c2cccc(F)c2)C1. The summed E-state index contributed by atoms with van der Waals surface area (Å²) in [5, 5.41) is 6.40. The Hall–Kier alpha value is -1.42. The first-order valence-electron chi connectivity index (χ1n) is 7.51. The van der Waals surface area contributed by atoms with Crippen LogP contribution in [0.1, 0.15) is 43.6 Å². The maximum atomic E-state index is 13.2. The van der Waals surface area contributed by atoms with Gasteiger partial charge in [-0.05, 0) is 55.7 Å². The summed E-state index contributed by atoms with van der Waals surface area (Å²) in [5.74, 6) is 0.399. The topological polar surface area (TPSA) is 41.1 Å². The van der Waals surface area contributed by atoms with E-state index < -0.39 is 0 Å². The van der Waals surface area contributed by atoms with E-state index in [1.807, 2.05) is 6.07 Å². The molecule has 1 aliphatic heterocycles. The van der Waals surface area contributed by atoms with Gasteiger partial charge in [-0.15, -0.1) is 0 Å². The number of rotatable bonds is 3. The summed E-state index contributed by atoms with van der Waals surface area (Å²) in [6.45, 7) is 0.799. The van der Waals surface area contributed by atoms with Crippen LogP contribution in [0.2, 0.25) is 0 Å². The molecular formula is C16H21FN2O. The van der Waals surface area contributed by atoms with Gasteiger partial charge >= 0.3 is 0 Å². The fourth-order valence-corrected chi connectivity index (χ4v) is 3.17. The van der Waals surface area contributed by atoms with Crippen LogP contribution in [-0.4, -0.2) is 24.5 Å². The quantitative estimate of drug-likeness (QED) is 0.889. The van der Waals surface area contributed by atoms with Crippen LogP contribution in [0.3, 0.4) is 0 Å². The standard InChI is InChI=1S/C16H21FN2O/c17-13-5-3-4-11(8-13)12-9-14(10-12)19-15-6-1-2-7-18-16(15)20/h3-5,8,12,14-15,19H,1-2,6-7,9-10H2,(H,18,20). The Morgan fingerprint density at radius 2 is 2.10 bits per heavy atom. The van der Waals surface area contributed by atoms with Crippen molar-refractivity contribution in [1.29, 1.82) is 0 Å². The Bertz CT molecular complexity index is 485. The second kappa shape index (κ2) is 5.92. The van der Waals surface area contributed by atoms with Crippen LogP contribution in [0, 0.1) is 5.82 Å². The van der Waals surface area contributed by atoms with Gasteiger partial charge in [0.25, 0.3) is 0 Å². The molecule has 1 amide bonds. The van der Waals surface area contributed by atoms with Crippen molar-refractivity contribution in [1.82, 2.24) is 10.6 Å². The van der Waals surface area contributed by atoms with E-state index in [1.54, 1.807) is 12.1 Å². The van der Waals surface area contributed by atoms with Crippen LogP contribution >= 0.6 is 0 Å². The average molecular weight is 276 g/mol. The van der Waals surface area contributed by atoms with Crippen LogP contribution in [0.4, 0.5) is 4.39 Å². The molecule has 1 aliphatic carbocycles. The molecule has 0 bridgehead atoms. The number of amides is 1. The Labute approximate surface area is 118 Å². The van der Waals surface area contributed by atoms with Crippen LogP contribution in [0.25, 0.3) is 0 Å². The van der Waals surface area contributed by atoms with Crippen molar-refractivity contribution in [3.05, 3.63) is 35.6 Å². The van der Waals surface area contributed by atoms with Crippen LogP contribution in [-0.2, 0) is 4.79 Å². The molecule has 1 saturated heterocycles. The summed E-state index contributed by atoms with van der Waals surface area (Å²) in [5.41, 5.74) is 1.08. The molecule has 108 valence electrons. The zero-order chi connectivity index (χ0) is 13.9. The Morgan fingerprint density at radius 3 is 2.90 bits per heavy atom. The number of hydrogen-bond acceptors (Lipinski definition) is 2. The summed E-state index contributed by atoms with van der Waals surface area (Å²) >= 11 is 0. The van der Waals surface area contributed by atoms with Gasteiger partial charge in [-0.3, -0.25) is 4.79 Å². The smallest absolute Gasteiger partial charge is 0.237 e. The van der Waals surface area contributed by atoms with E-state index >= 15 is 0 Å². The van der Waals surface area contributed by atoms with Crippen LogP contribution in [0.5, 0.6) is 0 Å². The first kappa shape index (κ1) is 13.6. The summed E-state index contributed by atoms with van der Waals surface area (Å²) in [4.78, 5) is 11.9. The summed E-state index contributed by atoms with van der Waals surface area (Å²) in [6, 6.07) is 7.20. The van der Waals surface area contributed by atoms with Crippen molar-refractivity contribution in [3.8, 4) is 0 Å². The zero-order valence-electron chi connectivity index (χ0n) is 11.6. The summed E-state index contributed by atoms with van der Waals surface area (Å²) in [7, 11) is 0. The molecule has 1 aromatic carbocycles. The van der Waals surface area contributed by atoms with Crippen molar-refractivity contribution in [2.24, 2.45) is 0 Å². The zero-order valence-corrected chi connectivity index (χ0v) is 11.6. The van der Waals surface area contributed by atoms with E-state index in [0.29, 0.717) is 12.0 Å². The first-order chi connectivity index (χ1) is 9.72. The molecule has 2 aliphatic rings. The van der Waals surface area contributed by atoms with E-state index in [1.165, 1.54) is 6.07 Å². The van der Waals surface area contributed by atoms with Crippen molar-refractivity contribution < 1.29 is 9.18 Å². The molecule has 3 nitrogen and oxygen atoms in total. The largest absolute Gasteiger partial charge is 0.355 e. The lowest BCUT2D eigenvalue weighted by atomic mass is 9.75. The third kappa shape index (κ3) is 3.01. The predicted molar refractivity (Wildman–Crippen MR) is 75.9 cm³/mol. The second-order valence-electron chi connectivity index (χ2n) is 5.93. The summed E-state index contributed by atoms with van der Waals surface area (Å²) in [6.07, 6.45) is 5.07. The minimum absolute atomic E-state index is 0.0454. The molecule has 0 radical (unpaired) electrons. The minimum atomic E-state index is -0.165. The fourth-order valence-electron chi connectivity index (χ4n) is 3.17. The second-order valence-corrected chi connectivity index (χ2v) is 5.93. The van der Waals surface area contributed by atoms with Crippen molar-refractivity contribution in [2.75, 3.05) is 6.54 Å². The van der Waals surface area contributed by atoms with Gasteiger partial charge in [0.2, 0.25) is 5.91 Å². The van der Waals surface area contributed by atoms with Crippen LogP contribution < -0.4 is 10.6 Å². The van der Waals surface area contributed by atoms with Gasteiger partial charge in [0.05, 0.1) is 6.04 Å². The molecule has 3 rings (SSSR count). The van der Waals surface area contributed by atoms with Gasteiger partial charge < -0.3 is 10.6 Å². The highest BCUT2D eigenvalue weighted by atomic mass is 19.1. The molecule has 1 unspecified atom stereocenters. The van der Waals surface area contributed by atoms with Gasteiger partial charge in [-0.1, -0.05) is 12.1 Å². The van der Waals surface area contributed by atoms with Crippen LogP contribution in [0.15, 0.2) is 24.3 Å². The monoisotopic (exact) mass is 276 g/mol. The van der Waals surface area contributed by atoms with Crippen molar-refractivity contribution in [3.63, 3.8) is 0 Å². The molecule has 20 heavy (non-hydrogen) atoms. The number of halogens is 1. The molecule has 1 atom stereocenters. The number of benzene rings is 1. The molecular weight excluding hydrogens is 255 g/mol. The Kier molecular flexibility index (Phi) is 4.01. The average Bonchev–Trinajstić information content (AvgIpc) is 2.58. The van der Waals surface area contributed by atoms with Gasteiger partial charge in [-0.2, -0.15) is 0 Å². The number of hydrogen-bond donors (Lipinski definition) is 2. The van der Waals surface area contributed by atoms with E-state index in [-0.39, 0.29) is 17.8 Å². The van der Waals surface area contributed by atoms with Gasteiger partial charge in [0.15, 0.2) is 0 Å². The fraction of sp³-hybridized carbons (Fsp3) is 0.562. The lowest BCUT2D eigenvalue weighted by Gasteiger charge is -2.38. The molecule has 1 heterocycles. The van der Waals surface area contributed by atoms with E-state index in [4.69, 9.17) is 0 Å². The Balaban J connectivity index is 1.51. The number of nitrogens with one attached hydrogen (secondary N) is 2. The third-order valence-corrected chi connectivity index (χ3v) is 4.43. The highest BCUT2D eigenvalue weighted by Gasteiger charge is 2.33. The predicted octanol–water partition coefficient (Wildman–Crippen LogP) is 2.33. The molecule has 1 saturated carbocycles. The normalized spacial score (nSPS) is 30.2. The van der Waals surface area contributed by atoms with E-state index in [0.717, 1.165) is 44.2 Å². The lowest BCUT2D eigenvalue weighted by molar-refractivity contribution is -0.123.